The highest BCUT2D eigenvalue weighted by Gasteiger charge is 2.18. The molecule has 3 rings (SSSR count). The zero-order chi connectivity index (χ0) is 13.9. The fraction of sp³-hybridized carbons (Fsp3) is 0.375. The third kappa shape index (κ3) is 2.27. The highest BCUT2D eigenvalue weighted by atomic mass is 16.5. The van der Waals surface area contributed by atoms with Crippen molar-refractivity contribution in [2.75, 3.05) is 7.11 Å². The minimum Gasteiger partial charge on any atom is -0.497 e. The van der Waals surface area contributed by atoms with E-state index in [4.69, 9.17) is 4.74 Å². The van der Waals surface area contributed by atoms with Gasteiger partial charge in [0, 0.05) is 17.3 Å². The van der Waals surface area contributed by atoms with Crippen molar-refractivity contribution < 1.29 is 4.74 Å². The molecule has 0 N–H and O–H groups in total. The van der Waals surface area contributed by atoms with Crippen LogP contribution in [0.2, 0.25) is 0 Å². The van der Waals surface area contributed by atoms with Crippen LogP contribution in [-0.2, 0) is 0 Å². The molecule has 4 heteroatoms. The number of hydrogen-bond donors (Lipinski definition) is 0. The molecule has 2 aromatic rings. The Hall–Kier alpha value is -2.28. The maximum atomic E-state index is 9.24. The van der Waals surface area contributed by atoms with Crippen molar-refractivity contribution in [2.45, 2.75) is 31.7 Å². The normalized spacial score (nSPS) is 15.2. The van der Waals surface area contributed by atoms with E-state index in [0.29, 0.717) is 11.6 Å². The number of rotatable bonds is 3. The first-order valence-corrected chi connectivity index (χ1v) is 6.94. The highest BCUT2D eigenvalue weighted by molar-refractivity contribution is 5.71. The van der Waals surface area contributed by atoms with Crippen LogP contribution in [0.3, 0.4) is 0 Å². The van der Waals surface area contributed by atoms with Gasteiger partial charge < -0.3 is 4.74 Å². The second-order valence-corrected chi connectivity index (χ2v) is 5.17. The average Bonchev–Trinajstić information content (AvgIpc) is 3.17. The first kappa shape index (κ1) is 12.7. The van der Waals surface area contributed by atoms with Crippen LogP contribution < -0.4 is 4.74 Å². The molecule has 0 unspecified atom stereocenters. The van der Waals surface area contributed by atoms with Crippen LogP contribution in [0.1, 0.15) is 37.3 Å². The van der Waals surface area contributed by atoms with Gasteiger partial charge in [0.2, 0.25) is 0 Å². The van der Waals surface area contributed by atoms with Gasteiger partial charge in [0.15, 0.2) is 0 Å². The highest BCUT2D eigenvalue weighted by Crippen LogP contribution is 2.32. The van der Waals surface area contributed by atoms with Gasteiger partial charge in [-0.15, -0.1) is 0 Å². The van der Waals surface area contributed by atoms with Crippen molar-refractivity contribution in [3.8, 4) is 22.9 Å². The summed E-state index contributed by atoms with van der Waals surface area (Å²) in [6.45, 7) is 0. The molecule has 1 aromatic carbocycles. The Labute approximate surface area is 118 Å². The molecule has 0 spiro atoms. The van der Waals surface area contributed by atoms with Gasteiger partial charge in [0.25, 0.3) is 0 Å². The smallest absolute Gasteiger partial charge is 0.119 e. The SMILES string of the molecule is COc1ccc(C#N)c(-c2cnn(C3CCCC3)c2)c1. The Bertz CT molecular complexity index is 648. The van der Waals surface area contributed by atoms with Crippen molar-refractivity contribution in [3.63, 3.8) is 0 Å². The molecular weight excluding hydrogens is 250 g/mol. The average molecular weight is 267 g/mol. The van der Waals surface area contributed by atoms with E-state index in [1.807, 2.05) is 29.2 Å². The van der Waals surface area contributed by atoms with Gasteiger partial charge in [0.1, 0.15) is 5.75 Å². The van der Waals surface area contributed by atoms with Gasteiger partial charge in [0.05, 0.1) is 31.0 Å². The molecule has 1 fully saturated rings. The molecule has 1 heterocycles. The molecule has 20 heavy (non-hydrogen) atoms. The number of nitriles is 1. The summed E-state index contributed by atoms with van der Waals surface area (Å²) in [7, 11) is 1.63. The minimum atomic E-state index is 0.514. The monoisotopic (exact) mass is 267 g/mol. The van der Waals surface area contributed by atoms with Crippen LogP contribution in [0.25, 0.3) is 11.1 Å². The van der Waals surface area contributed by atoms with E-state index in [-0.39, 0.29) is 0 Å². The summed E-state index contributed by atoms with van der Waals surface area (Å²) in [4.78, 5) is 0. The lowest BCUT2D eigenvalue weighted by Gasteiger charge is -2.09. The summed E-state index contributed by atoms with van der Waals surface area (Å²) in [5.41, 5.74) is 2.51. The Balaban J connectivity index is 1.98. The standard InChI is InChI=1S/C16H17N3O/c1-20-15-7-6-12(9-17)16(8-15)13-10-18-19(11-13)14-4-2-3-5-14/h6-8,10-11,14H,2-5H2,1H3. The second kappa shape index (κ2) is 5.38. The van der Waals surface area contributed by atoms with Crippen LogP contribution in [0.15, 0.2) is 30.6 Å². The summed E-state index contributed by atoms with van der Waals surface area (Å²) < 4.78 is 7.29. The first-order valence-electron chi connectivity index (χ1n) is 6.94. The predicted molar refractivity (Wildman–Crippen MR) is 76.4 cm³/mol. The van der Waals surface area contributed by atoms with E-state index >= 15 is 0 Å². The Morgan fingerprint density at radius 1 is 1.35 bits per heavy atom. The zero-order valence-corrected chi connectivity index (χ0v) is 11.5. The van der Waals surface area contributed by atoms with Crippen LogP contribution in [0, 0.1) is 11.3 Å². The quantitative estimate of drug-likeness (QED) is 0.854. The van der Waals surface area contributed by atoms with E-state index in [0.717, 1.165) is 16.9 Å². The van der Waals surface area contributed by atoms with Gasteiger partial charge in [-0.25, -0.2) is 0 Å². The molecule has 0 aliphatic heterocycles. The fourth-order valence-corrected chi connectivity index (χ4v) is 2.83. The van der Waals surface area contributed by atoms with Gasteiger partial charge in [-0.05, 0) is 31.0 Å². The van der Waals surface area contributed by atoms with Crippen molar-refractivity contribution in [3.05, 3.63) is 36.2 Å². The topological polar surface area (TPSA) is 50.8 Å². The molecule has 1 aromatic heterocycles. The van der Waals surface area contributed by atoms with E-state index in [1.54, 1.807) is 13.2 Å². The molecule has 1 aliphatic rings. The number of benzene rings is 1. The Morgan fingerprint density at radius 2 is 2.15 bits per heavy atom. The molecule has 0 amide bonds. The number of hydrogen-bond acceptors (Lipinski definition) is 3. The van der Waals surface area contributed by atoms with E-state index < -0.39 is 0 Å². The fourth-order valence-electron chi connectivity index (χ4n) is 2.83. The lowest BCUT2D eigenvalue weighted by molar-refractivity contribution is 0.415. The van der Waals surface area contributed by atoms with Gasteiger partial charge in [-0.3, -0.25) is 4.68 Å². The van der Waals surface area contributed by atoms with E-state index in [9.17, 15) is 5.26 Å². The summed E-state index contributed by atoms with van der Waals surface area (Å²) in [5.74, 6) is 0.757. The second-order valence-electron chi connectivity index (χ2n) is 5.17. The molecule has 0 saturated heterocycles. The zero-order valence-electron chi connectivity index (χ0n) is 11.5. The number of aromatic nitrogens is 2. The Kier molecular flexibility index (Phi) is 3.42. The predicted octanol–water partition coefficient (Wildman–Crippen LogP) is 3.55. The van der Waals surface area contributed by atoms with Crippen LogP contribution in [0.4, 0.5) is 0 Å². The van der Waals surface area contributed by atoms with E-state index in [1.165, 1.54) is 25.7 Å². The minimum absolute atomic E-state index is 0.514. The van der Waals surface area contributed by atoms with Gasteiger partial charge in [-0.2, -0.15) is 10.4 Å². The van der Waals surface area contributed by atoms with Gasteiger partial charge in [-0.1, -0.05) is 12.8 Å². The Morgan fingerprint density at radius 3 is 2.85 bits per heavy atom. The largest absolute Gasteiger partial charge is 0.497 e. The van der Waals surface area contributed by atoms with Crippen LogP contribution in [0.5, 0.6) is 5.75 Å². The summed E-state index contributed by atoms with van der Waals surface area (Å²) >= 11 is 0. The summed E-state index contributed by atoms with van der Waals surface area (Å²) in [6.07, 6.45) is 8.85. The van der Waals surface area contributed by atoms with Crippen molar-refractivity contribution in [2.24, 2.45) is 0 Å². The summed E-state index contributed by atoms with van der Waals surface area (Å²) in [6, 6.07) is 8.24. The number of ether oxygens (including phenoxy) is 1. The molecule has 0 bridgehead atoms. The molecular formula is C16H17N3O. The lowest BCUT2D eigenvalue weighted by Crippen LogP contribution is -2.04. The maximum Gasteiger partial charge on any atom is 0.119 e. The van der Waals surface area contributed by atoms with Crippen molar-refractivity contribution >= 4 is 0 Å². The van der Waals surface area contributed by atoms with Crippen molar-refractivity contribution in [1.82, 2.24) is 9.78 Å². The molecule has 1 aliphatic carbocycles. The number of methoxy groups -OCH3 is 1. The first-order chi connectivity index (χ1) is 9.81. The molecule has 4 nitrogen and oxygen atoms in total. The van der Waals surface area contributed by atoms with E-state index in [2.05, 4.69) is 11.2 Å². The van der Waals surface area contributed by atoms with Gasteiger partial charge >= 0.3 is 0 Å². The van der Waals surface area contributed by atoms with Crippen molar-refractivity contribution in [1.29, 1.82) is 5.26 Å². The lowest BCUT2D eigenvalue weighted by atomic mass is 10.0. The molecule has 0 radical (unpaired) electrons. The third-order valence-corrected chi connectivity index (χ3v) is 3.96. The third-order valence-electron chi connectivity index (χ3n) is 3.96. The molecule has 0 atom stereocenters. The summed E-state index contributed by atoms with van der Waals surface area (Å²) in [5, 5.41) is 13.7. The van der Waals surface area contributed by atoms with Crippen LogP contribution >= 0.6 is 0 Å². The number of nitrogens with zero attached hydrogens (tertiary/aromatic N) is 3. The molecule has 102 valence electrons. The van der Waals surface area contributed by atoms with Crippen LogP contribution in [-0.4, -0.2) is 16.9 Å². The molecule has 1 saturated carbocycles. The maximum absolute atomic E-state index is 9.24.